The molecule has 1 aromatic carbocycles. The van der Waals surface area contributed by atoms with Crippen molar-refractivity contribution in [3.63, 3.8) is 0 Å². The van der Waals surface area contributed by atoms with E-state index in [1.165, 1.54) is 6.42 Å². The second-order valence-electron chi connectivity index (χ2n) is 10.3. The summed E-state index contributed by atoms with van der Waals surface area (Å²) >= 11 is 0. The lowest BCUT2D eigenvalue weighted by Gasteiger charge is -2.38. The summed E-state index contributed by atoms with van der Waals surface area (Å²) in [7, 11) is 0. The molecular weight excluding hydrogens is 446 g/mol. The van der Waals surface area contributed by atoms with E-state index in [2.05, 4.69) is 24.1 Å². The number of benzene rings is 1. The third kappa shape index (κ3) is 6.39. The fourth-order valence-electron chi connectivity index (χ4n) is 5.40. The van der Waals surface area contributed by atoms with Gasteiger partial charge in [0.05, 0.1) is 13.1 Å². The van der Waals surface area contributed by atoms with Gasteiger partial charge in [0.1, 0.15) is 0 Å². The Morgan fingerprint density at radius 3 is 2.14 bits per heavy atom. The highest BCUT2D eigenvalue weighted by molar-refractivity contribution is 5.98. The lowest BCUT2D eigenvalue weighted by atomic mass is 9.92. The van der Waals surface area contributed by atoms with E-state index in [0.717, 1.165) is 25.2 Å². The molecule has 3 saturated heterocycles. The van der Waals surface area contributed by atoms with E-state index in [1.807, 2.05) is 4.90 Å². The Labute approximate surface area is 207 Å². The maximum absolute atomic E-state index is 12.7. The van der Waals surface area contributed by atoms with Crippen molar-refractivity contribution in [2.45, 2.75) is 33.1 Å². The van der Waals surface area contributed by atoms with Crippen molar-refractivity contribution >= 4 is 29.3 Å². The van der Waals surface area contributed by atoms with Gasteiger partial charge in [0, 0.05) is 63.5 Å². The third-order valence-electron chi connectivity index (χ3n) is 7.22. The molecule has 0 radical (unpaired) electrons. The number of hydrogen-bond acceptors (Lipinski definition) is 5. The van der Waals surface area contributed by atoms with Gasteiger partial charge < -0.3 is 20.0 Å². The lowest BCUT2D eigenvalue weighted by Crippen LogP contribution is -2.54. The van der Waals surface area contributed by atoms with E-state index in [0.29, 0.717) is 63.1 Å². The summed E-state index contributed by atoms with van der Waals surface area (Å²) in [5, 5.41) is 2.70. The average Bonchev–Trinajstić information content (AvgIpc) is 3.28. The SMILES string of the molecule is C[C@H]1C[C@H](C)CN(C(=O)CN2CCN(C(=O)CNC(=O)c3ccc(N4CCCC4=O)cc3)CC2)C1. The van der Waals surface area contributed by atoms with E-state index in [1.54, 1.807) is 34.1 Å². The summed E-state index contributed by atoms with van der Waals surface area (Å²) < 4.78 is 0. The van der Waals surface area contributed by atoms with Crippen molar-refractivity contribution in [1.29, 1.82) is 0 Å². The summed E-state index contributed by atoms with van der Waals surface area (Å²) in [6.45, 7) is 9.52. The van der Waals surface area contributed by atoms with Crippen molar-refractivity contribution in [3.05, 3.63) is 29.8 Å². The summed E-state index contributed by atoms with van der Waals surface area (Å²) in [6, 6.07) is 6.90. The zero-order valence-corrected chi connectivity index (χ0v) is 20.9. The standard InChI is InChI=1S/C26H37N5O4/c1-19-14-20(2)17-30(16-19)25(34)18-28-10-12-29(13-11-28)24(33)15-27-26(35)21-5-7-22(8-6-21)31-9-3-4-23(31)32/h5-8,19-20H,3-4,9-18H2,1-2H3,(H,27,35)/t19-,20-/m0/s1. The predicted octanol–water partition coefficient (Wildman–Crippen LogP) is 1.19. The topological polar surface area (TPSA) is 93.3 Å². The van der Waals surface area contributed by atoms with Gasteiger partial charge >= 0.3 is 0 Å². The van der Waals surface area contributed by atoms with Gasteiger partial charge in [-0.15, -0.1) is 0 Å². The van der Waals surface area contributed by atoms with E-state index in [9.17, 15) is 19.2 Å². The van der Waals surface area contributed by atoms with Crippen LogP contribution in [0.5, 0.6) is 0 Å². The normalized spacial score (nSPS) is 23.5. The van der Waals surface area contributed by atoms with Crippen LogP contribution in [0.2, 0.25) is 0 Å². The first-order valence-corrected chi connectivity index (χ1v) is 12.8. The van der Waals surface area contributed by atoms with Crippen molar-refractivity contribution in [2.75, 3.05) is 63.8 Å². The van der Waals surface area contributed by atoms with Crippen LogP contribution in [0.15, 0.2) is 24.3 Å². The molecule has 2 atom stereocenters. The van der Waals surface area contributed by atoms with Gasteiger partial charge in [0.25, 0.3) is 5.91 Å². The molecule has 3 aliphatic rings. The fourth-order valence-corrected chi connectivity index (χ4v) is 5.40. The van der Waals surface area contributed by atoms with Crippen LogP contribution >= 0.6 is 0 Å². The molecule has 35 heavy (non-hydrogen) atoms. The molecule has 0 aromatic heterocycles. The van der Waals surface area contributed by atoms with Gasteiger partial charge in [-0.1, -0.05) is 13.8 Å². The number of amides is 4. The molecular formula is C26H37N5O4. The third-order valence-corrected chi connectivity index (χ3v) is 7.22. The Hall–Kier alpha value is -2.94. The zero-order valence-electron chi connectivity index (χ0n) is 20.9. The number of anilines is 1. The molecule has 0 aliphatic carbocycles. The van der Waals surface area contributed by atoms with Crippen molar-refractivity contribution in [3.8, 4) is 0 Å². The highest BCUT2D eigenvalue weighted by Crippen LogP contribution is 2.22. The smallest absolute Gasteiger partial charge is 0.251 e. The minimum atomic E-state index is -0.313. The maximum atomic E-state index is 12.7. The lowest BCUT2D eigenvalue weighted by molar-refractivity contribution is -0.136. The Balaban J connectivity index is 1.18. The molecule has 0 saturated carbocycles. The Kier molecular flexibility index (Phi) is 8.05. The van der Waals surface area contributed by atoms with Gasteiger partial charge in [0.15, 0.2) is 0 Å². The van der Waals surface area contributed by atoms with Crippen molar-refractivity contribution in [2.24, 2.45) is 11.8 Å². The minimum absolute atomic E-state index is 0.0618. The second kappa shape index (κ2) is 11.2. The number of hydrogen-bond donors (Lipinski definition) is 1. The number of piperidine rings is 1. The quantitative estimate of drug-likeness (QED) is 0.656. The van der Waals surface area contributed by atoms with E-state index >= 15 is 0 Å². The Bertz CT molecular complexity index is 932. The fraction of sp³-hybridized carbons (Fsp3) is 0.615. The molecule has 0 unspecified atom stereocenters. The first kappa shape index (κ1) is 25.2. The molecule has 4 amide bonds. The molecule has 1 aromatic rings. The highest BCUT2D eigenvalue weighted by Gasteiger charge is 2.28. The van der Waals surface area contributed by atoms with Gasteiger partial charge in [-0.25, -0.2) is 0 Å². The van der Waals surface area contributed by atoms with Crippen LogP contribution in [0.3, 0.4) is 0 Å². The van der Waals surface area contributed by atoms with Crippen LogP contribution in [0, 0.1) is 11.8 Å². The van der Waals surface area contributed by atoms with E-state index in [-0.39, 0.29) is 30.2 Å². The van der Waals surface area contributed by atoms with Crippen LogP contribution in [0.1, 0.15) is 43.5 Å². The molecule has 9 nitrogen and oxygen atoms in total. The number of nitrogens with one attached hydrogen (secondary N) is 1. The Morgan fingerprint density at radius 2 is 1.54 bits per heavy atom. The molecule has 3 heterocycles. The molecule has 3 fully saturated rings. The number of piperazine rings is 1. The summed E-state index contributed by atoms with van der Waals surface area (Å²) in [5.74, 6) is 0.928. The second-order valence-corrected chi connectivity index (χ2v) is 10.3. The predicted molar refractivity (Wildman–Crippen MR) is 133 cm³/mol. The van der Waals surface area contributed by atoms with Crippen LogP contribution in [-0.4, -0.2) is 97.2 Å². The van der Waals surface area contributed by atoms with Gasteiger partial charge in [0.2, 0.25) is 17.7 Å². The first-order valence-electron chi connectivity index (χ1n) is 12.8. The van der Waals surface area contributed by atoms with Crippen molar-refractivity contribution in [1.82, 2.24) is 20.0 Å². The number of carbonyl (C=O) groups is 4. The van der Waals surface area contributed by atoms with Crippen LogP contribution < -0.4 is 10.2 Å². The van der Waals surface area contributed by atoms with Crippen LogP contribution in [-0.2, 0) is 14.4 Å². The highest BCUT2D eigenvalue weighted by atomic mass is 16.2. The first-order chi connectivity index (χ1) is 16.8. The monoisotopic (exact) mass is 483 g/mol. The van der Waals surface area contributed by atoms with Crippen LogP contribution in [0.4, 0.5) is 5.69 Å². The number of likely N-dealkylation sites (tertiary alicyclic amines) is 1. The van der Waals surface area contributed by atoms with E-state index in [4.69, 9.17) is 0 Å². The maximum Gasteiger partial charge on any atom is 0.251 e. The summed E-state index contributed by atoms with van der Waals surface area (Å²) in [5.41, 5.74) is 1.25. The van der Waals surface area contributed by atoms with E-state index < -0.39 is 0 Å². The van der Waals surface area contributed by atoms with Gasteiger partial charge in [-0.2, -0.15) is 0 Å². The Morgan fingerprint density at radius 1 is 0.886 bits per heavy atom. The number of nitrogens with zero attached hydrogens (tertiary/aromatic N) is 4. The molecule has 0 spiro atoms. The molecule has 4 rings (SSSR count). The van der Waals surface area contributed by atoms with Gasteiger partial charge in [-0.3, -0.25) is 24.1 Å². The average molecular weight is 484 g/mol. The molecule has 0 bridgehead atoms. The van der Waals surface area contributed by atoms with Gasteiger partial charge in [-0.05, 0) is 48.9 Å². The molecule has 3 aliphatic heterocycles. The molecule has 9 heteroatoms. The molecule has 1 N–H and O–H groups in total. The number of carbonyl (C=O) groups excluding carboxylic acids is 4. The summed E-state index contributed by atoms with van der Waals surface area (Å²) in [4.78, 5) is 57.3. The van der Waals surface area contributed by atoms with Crippen molar-refractivity contribution < 1.29 is 19.2 Å². The number of rotatable bonds is 6. The zero-order chi connectivity index (χ0) is 24.9. The minimum Gasteiger partial charge on any atom is -0.343 e. The summed E-state index contributed by atoms with van der Waals surface area (Å²) in [6.07, 6.45) is 2.59. The largest absolute Gasteiger partial charge is 0.343 e. The molecule has 190 valence electrons. The van der Waals surface area contributed by atoms with Crippen LogP contribution in [0.25, 0.3) is 0 Å².